The van der Waals surface area contributed by atoms with Crippen LogP contribution in [0.15, 0.2) is 0 Å². The maximum absolute atomic E-state index is 11.0. The van der Waals surface area contributed by atoms with Gasteiger partial charge in [-0.1, -0.05) is 25.7 Å². The van der Waals surface area contributed by atoms with Crippen LogP contribution >= 0.6 is 0 Å². The highest BCUT2D eigenvalue weighted by atomic mass is 16.5. The fourth-order valence-electron chi connectivity index (χ4n) is 2.74. The maximum atomic E-state index is 11.0. The molecule has 19 heavy (non-hydrogen) atoms. The number of carbonyl (C=O) groups is 1. The summed E-state index contributed by atoms with van der Waals surface area (Å²) in [4.78, 5) is 13.6. The third kappa shape index (κ3) is 7.41. The molecular formula is C15H30N2O2. The molecule has 1 rings (SSSR count). The summed E-state index contributed by atoms with van der Waals surface area (Å²) < 4.78 is 4.81. The number of rotatable bonds is 8. The lowest BCUT2D eigenvalue weighted by atomic mass is 9.94. The second-order valence-electron chi connectivity index (χ2n) is 5.48. The number of alkyl carbamates (subject to hydrolysis) is 1. The predicted octanol–water partition coefficient (Wildman–Crippen LogP) is 3.17. The summed E-state index contributed by atoms with van der Waals surface area (Å²) >= 11 is 0. The minimum Gasteiger partial charge on any atom is -0.450 e. The number of hydrogen-bond acceptors (Lipinski definition) is 3. The van der Waals surface area contributed by atoms with E-state index in [1.165, 1.54) is 51.5 Å². The van der Waals surface area contributed by atoms with E-state index < -0.39 is 0 Å². The van der Waals surface area contributed by atoms with E-state index in [1.807, 2.05) is 6.92 Å². The van der Waals surface area contributed by atoms with Crippen LogP contribution in [0.3, 0.4) is 0 Å². The molecule has 0 aromatic carbocycles. The van der Waals surface area contributed by atoms with Crippen LogP contribution in [0.1, 0.15) is 58.3 Å². The van der Waals surface area contributed by atoms with Gasteiger partial charge in [-0.25, -0.2) is 4.79 Å². The highest BCUT2D eigenvalue weighted by Crippen LogP contribution is 2.21. The molecule has 1 N–H and O–H groups in total. The number of carbonyl (C=O) groups excluding carboxylic acids is 1. The van der Waals surface area contributed by atoms with Crippen molar-refractivity contribution in [3.05, 3.63) is 0 Å². The van der Waals surface area contributed by atoms with Gasteiger partial charge in [0.05, 0.1) is 6.61 Å². The number of hydrogen-bond donors (Lipinski definition) is 1. The molecule has 1 fully saturated rings. The standard InChI is InChI=1S/C15H30N2O2/c1-3-19-15(18)16-12-8-5-9-13-17(2)14-10-6-4-7-11-14/h14H,3-13H2,1-2H3,(H,16,18). The molecule has 0 aromatic rings. The molecule has 1 saturated carbocycles. The fourth-order valence-corrected chi connectivity index (χ4v) is 2.74. The molecule has 0 radical (unpaired) electrons. The van der Waals surface area contributed by atoms with E-state index in [0.717, 1.165) is 19.0 Å². The van der Waals surface area contributed by atoms with Gasteiger partial charge in [0.25, 0.3) is 0 Å². The third-order valence-corrected chi connectivity index (χ3v) is 3.93. The van der Waals surface area contributed by atoms with Crippen molar-refractivity contribution in [3.63, 3.8) is 0 Å². The Morgan fingerprint density at radius 3 is 2.63 bits per heavy atom. The molecular weight excluding hydrogens is 240 g/mol. The first kappa shape index (κ1) is 16.3. The Kier molecular flexibility index (Phi) is 8.63. The summed E-state index contributed by atoms with van der Waals surface area (Å²) in [5, 5.41) is 2.76. The number of nitrogens with one attached hydrogen (secondary N) is 1. The van der Waals surface area contributed by atoms with Crippen molar-refractivity contribution in [2.75, 3.05) is 26.7 Å². The number of nitrogens with zero attached hydrogens (tertiary/aromatic N) is 1. The van der Waals surface area contributed by atoms with Gasteiger partial charge in [-0.15, -0.1) is 0 Å². The molecule has 0 atom stereocenters. The first-order valence-electron chi connectivity index (χ1n) is 7.85. The average Bonchev–Trinajstić information content (AvgIpc) is 2.43. The summed E-state index contributed by atoms with van der Waals surface area (Å²) in [6, 6.07) is 0.811. The Balaban J connectivity index is 1.93. The van der Waals surface area contributed by atoms with E-state index in [0.29, 0.717) is 6.61 Å². The Morgan fingerprint density at radius 2 is 1.95 bits per heavy atom. The SMILES string of the molecule is CCOC(=O)NCCCCCN(C)C1CCCCC1. The van der Waals surface area contributed by atoms with Crippen molar-refractivity contribution in [2.24, 2.45) is 0 Å². The molecule has 0 bridgehead atoms. The molecule has 1 aliphatic carbocycles. The second-order valence-corrected chi connectivity index (χ2v) is 5.48. The van der Waals surface area contributed by atoms with E-state index in [9.17, 15) is 4.79 Å². The van der Waals surface area contributed by atoms with Crippen LogP contribution in [0.2, 0.25) is 0 Å². The highest BCUT2D eigenvalue weighted by molar-refractivity contribution is 5.66. The molecule has 0 saturated heterocycles. The van der Waals surface area contributed by atoms with Gasteiger partial charge in [0.2, 0.25) is 0 Å². The predicted molar refractivity (Wildman–Crippen MR) is 78.4 cm³/mol. The van der Waals surface area contributed by atoms with Crippen LogP contribution in [0.25, 0.3) is 0 Å². The third-order valence-electron chi connectivity index (χ3n) is 3.93. The molecule has 1 aliphatic rings. The van der Waals surface area contributed by atoms with E-state index in [4.69, 9.17) is 4.74 Å². The number of ether oxygens (including phenoxy) is 1. The Morgan fingerprint density at radius 1 is 1.21 bits per heavy atom. The van der Waals surface area contributed by atoms with Gasteiger partial charge in [0.15, 0.2) is 0 Å². The van der Waals surface area contributed by atoms with Gasteiger partial charge in [-0.05, 0) is 46.2 Å². The zero-order chi connectivity index (χ0) is 13.9. The maximum Gasteiger partial charge on any atom is 0.407 e. The normalized spacial score (nSPS) is 16.6. The van der Waals surface area contributed by atoms with E-state index in [2.05, 4.69) is 17.3 Å². The van der Waals surface area contributed by atoms with Crippen molar-refractivity contribution in [1.29, 1.82) is 0 Å². The zero-order valence-electron chi connectivity index (χ0n) is 12.6. The molecule has 1 amide bonds. The molecule has 0 unspecified atom stereocenters. The van der Waals surface area contributed by atoms with Gasteiger partial charge >= 0.3 is 6.09 Å². The lowest BCUT2D eigenvalue weighted by molar-refractivity contribution is 0.152. The van der Waals surface area contributed by atoms with Crippen LogP contribution in [0.5, 0.6) is 0 Å². The van der Waals surface area contributed by atoms with Gasteiger partial charge in [-0.3, -0.25) is 0 Å². The minimum atomic E-state index is -0.290. The first-order valence-corrected chi connectivity index (χ1v) is 7.85. The quantitative estimate of drug-likeness (QED) is 0.689. The molecule has 0 aliphatic heterocycles. The molecule has 0 heterocycles. The van der Waals surface area contributed by atoms with Crippen LogP contribution in [0.4, 0.5) is 4.79 Å². The fraction of sp³-hybridized carbons (Fsp3) is 0.933. The zero-order valence-corrected chi connectivity index (χ0v) is 12.6. The van der Waals surface area contributed by atoms with Gasteiger partial charge < -0.3 is 15.0 Å². The number of amides is 1. The first-order chi connectivity index (χ1) is 9.24. The smallest absolute Gasteiger partial charge is 0.407 e. The van der Waals surface area contributed by atoms with Crippen molar-refractivity contribution < 1.29 is 9.53 Å². The minimum absolute atomic E-state index is 0.290. The van der Waals surface area contributed by atoms with Crippen molar-refractivity contribution in [2.45, 2.75) is 64.3 Å². The van der Waals surface area contributed by atoms with Crippen molar-refractivity contribution in [3.8, 4) is 0 Å². The van der Waals surface area contributed by atoms with E-state index >= 15 is 0 Å². The summed E-state index contributed by atoms with van der Waals surface area (Å²) in [6.45, 7) is 4.18. The lowest BCUT2D eigenvalue weighted by Crippen LogP contribution is -2.34. The summed E-state index contributed by atoms with van der Waals surface area (Å²) in [6.07, 6.45) is 10.1. The summed E-state index contributed by atoms with van der Waals surface area (Å²) in [5.74, 6) is 0. The average molecular weight is 270 g/mol. The van der Waals surface area contributed by atoms with Crippen LogP contribution in [-0.4, -0.2) is 43.8 Å². The highest BCUT2D eigenvalue weighted by Gasteiger charge is 2.16. The van der Waals surface area contributed by atoms with Crippen molar-refractivity contribution >= 4 is 6.09 Å². The van der Waals surface area contributed by atoms with E-state index in [-0.39, 0.29) is 6.09 Å². The second kappa shape index (κ2) is 10.1. The van der Waals surface area contributed by atoms with Crippen molar-refractivity contribution in [1.82, 2.24) is 10.2 Å². The molecule has 4 heteroatoms. The molecule has 112 valence electrons. The Bertz CT molecular complexity index is 240. The summed E-state index contributed by atoms with van der Waals surface area (Å²) in [5.41, 5.74) is 0. The monoisotopic (exact) mass is 270 g/mol. The van der Waals surface area contributed by atoms with E-state index in [1.54, 1.807) is 0 Å². The Hall–Kier alpha value is -0.770. The molecule has 4 nitrogen and oxygen atoms in total. The van der Waals surface area contributed by atoms with Crippen LogP contribution < -0.4 is 5.32 Å². The largest absolute Gasteiger partial charge is 0.450 e. The molecule has 0 spiro atoms. The number of unbranched alkanes of at least 4 members (excludes halogenated alkanes) is 2. The van der Waals surface area contributed by atoms with Gasteiger partial charge in [-0.2, -0.15) is 0 Å². The van der Waals surface area contributed by atoms with Crippen LogP contribution in [0, 0.1) is 0 Å². The Labute approximate surface area is 117 Å². The summed E-state index contributed by atoms with van der Waals surface area (Å²) in [7, 11) is 2.26. The molecule has 0 aromatic heterocycles. The van der Waals surface area contributed by atoms with Gasteiger partial charge in [0, 0.05) is 12.6 Å². The van der Waals surface area contributed by atoms with Crippen LogP contribution in [-0.2, 0) is 4.74 Å². The topological polar surface area (TPSA) is 41.6 Å². The van der Waals surface area contributed by atoms with Gasteiger partial charge in [0.1, 0.15) is 0 Å². The lowest BCUT2D eigenvalue weighted by Gasteiger charge is -2.31.